The minimum Gasteiger partial charge on any atom is -0.366 e. The van der Waals surface area contributed by atoms with E-state index >= 15 is 0 Å². The Morgan fingerprint density at radius 2 is 1.86 bits per heavy atom. The van der Waals surface area contributed by atoms with Gasteiger partial charge in [0.2, 0.25) is 5.95 Å². The van der Waals surface area contributed by atoms with Gasteiger partial charge in [0.15, 0.2) is 0 Å². The van der Waals surface area contributed by atoms with Gasteiger partial charge in [0.1, 0.15) is 11.6 Å². The molecule has 22 heavy (non-hydrogen) atoms. The number of nitrogens with one attached hydrogen (secondary N) is 1. The van der Waals surface area contributed by atoms with Gasteiger partial charge in [-0.3, -0.25) is 0 Å². The van der Waals surface area contributed by atoms with E-state index in [-0.39, 0.29) is 0 Å². The number of para-hydroxylation sites is 1. The lowest BCUT2D eigenvalue weighted by atomic mass is 10.1. The normalized spacial score (nSPS) is 10.7. The summed E-state index contributed by atoms with van der Waals surface area (Å²) >= 11 is 0. The number of rotatable bonds is 4. The van der Waals surface area contributed by atoms with Crippen molar-refractivity contribution in [2.24, 2.45) is 0 Å². The van der Waals surface area contributed by atoms with E-state index in [1.807, 2.05) is 49.3 Å². The van der Waals surface area contributed by atoms with Gasteiger partial charge in [0.25, 0.3) is 0 Å². The second kappa shape index (κ2) is 5.97. The molecule has 0 fully saturated rings. The van der Waals surface area contributed by atoms with E-state index in [0.29, 0.717) is 12.4 Å². The summed E-state index contributed by atoms with van der Waals surface area (Å²) in [4.78, 5) is 10.4. The van der Waals surface area contributed by atoms with Gasteiger partial charge in [-0.25, -0.2) is 9.97 Å². The Hall–Kier alpha value is -2.69. The maximum Gasteiger partial charge on any atom is 0.214 e. The molecule has 0 saturated carbocycles. The highest BCUT2D eigenvalue weighted by Gasteiger charge is 2.07. The summed E-state index contributed by atoms with van der Waals surface area (Å²) in [6.45, 7) is 0.556. The van der Waals surface area contributed by atoms with Crippen molar-refractivity contribution in [3.05, 3.63) is 60.0 Å². The van der Waals surface area contributed by atoms with Crippen LogP contribution in [0.2, 0.25) is 0 Å². The van der Waals surface area contributed by atoms with E-state index < -0.39 is 5.95 Å². The third kappa shape index (κ3) is 2.98. The van der Waals surface area contributed by atoms with Gasteiger partial charge >= 0.3 is 0 Å². The number of nitrogens with zero attached hydrogens (tertiary/aromatic N) is 3. The number of halogens is 1. The Morgan fingerprint density at radius 3 is 2.64 bits per heavy atom. The predicted molar refractivity (Wildman–Crippen MR) is 87.6 cm³/mol. The fourth-order valence-electron chi connectivity index (χ4n) is 2.30. The second-order valence-electron chi connectivity index (χ2n) is 5.25. The van der Waals surface area contributed by atoms with Crippen LogP contribution in [-0.2, 0) is 6.54 Å². The average Bonchev–Trinajstić information content (AvgIpc) is 2.52. The Labute approximate surface area is 128 Å². The van der Waals surface area contributed by atoms with Crippen molar-refractivity contribution < 1.29 is 4.39 Å². The monoisotopic (exact) mass is 296 g/mol. The van der Waals surface area contributed by atoms with Gasteiger partial charge in [-0.1, -0.05) is 24.3 Å². The molecule has 3 aromatic rings. The van der Waals surface area contributed by atoms with Crippen LogP contribution in [0, 0.1) is 5.95 Å². The van der Waals surface area contributed by atoms with Gasteiger partial charge in [0, 0.05) is 26.0 Å². The van der Waals surface area contributed by atoms with E-state index in [4.69, 9.17) is 0 Å². The summed E-state index contributed by atoms with van der Waals surface area (Å²) in [5, 5.41) is 4.24. The van der Waals surface area contributed by atoms with Crippen LogP contribution in [0.3, 0.4) is 0 Å². The number of pyridine rings is 2. The van der Waals surface area contributed by atoms with E-state index in [2.05, 4.69) is 15.3 Å². The predicted octanol–water partition coefficient (Wildman–Crippen LogP) is 3.45. The molecule has 1 aromatic carbocycles. The second-order valence-corrected chi connectivity index (χ2v) is 5.25. The molecular weight excluding hydrogens is 279 g/mol. The molecule has 112 valence electrons. The lowest BCUT2D eigenvalue weighted by Gasteiger charge is -2.15. The lowest BCUT2D eigenvalue weighted by molar-refractivity contribution is 0.585. The molecule has 0 bridgehead atoms. The molecule has 4 nitrogen and oxygen atoms in total. The zero-order valence-corrected chi connectivity index (χ0v) is 12.5. The Morgan fingerprint density at radius 1 is 1.05 bits per heavy atom. The van der Waals surface area contributed by atoms with Crippen molar-refractivity contribution in [3.8, 4) is 0 Å². The van der Waals surface area contributed by atoms with E-state index in [9.17, 15) is 4.39 Å². The van der Waals surface area contributed by atoms with Crippen molar-refractivity contribution in [2.75, 3.05) is 24.3 Å². The lowest BCUT2D eigenvalue weighted by Crippen LogP contribution is -2.12. The van der Waals surface area contributed by atoms with Crippen LogP contribution in [0.4, 0.5) is 16.0 Å². The molecule has 0 amide bonds. The molecule has 0 atom stereocenters. The third-order valence-electron chi connectivity index (χ3n) is 3.42. The molecule has 0 spiro atoms. The summed E-state index contributed by atoms with van der Waals surface area (Å²) in [5.74, 6) is 0.925. The molecule has 0 aliphatic heterocycles. The summed E-state index contributed by atoms with van der Waals surface area (Å²) < 4.78 is 13.1. The van der Waals surface area contributed by atoms with Crippen LogP contribution in [-0.4, -0.2) is 24.1 Å². The highest BCUT2D eigenvalue weighted by atomic mass is 19.1. The summed E-state index contributed by atoms with van der Waals surface area (Å²) in [6, 6.07) is 14.7. The number of benzene rings is 1. The Bertz CT molecular complexity index is 802. The first-order valence-electron chi connectivity index (χ1n) is 7.06. The molecule has 0 radical (unpaired) electrons. The summed E-state index contributed by atoms with van der Waals surface area (Å²) in [5.41, 5.74) is 2.04. The summed E-state index contributed by atoms with van der Waals surface area (Å²) in [6.07, 6.45) is 0. The zero-order valence-electron chi connectivity index (χ0n) is 12.5. The van der Waals surface area contributed by atoms with Crippen molar-refractivity contribution in [2.45, 2.75) is 6.54 Å². The van der Waals surface area contributed by atoms with Gasteiger partial charge in [-0.05, 0) is 29.8 Å². The largest absolute Gasteiger partial charge is 0.366 e. The van der Waals surface area contributed by atoms with Crippen LogP contribution in [0.25, 0.3) is 10.9 Å². The van der Waals surface area contributed by atoms with Gasteiger partial charge in [0.05, 0.1) is 5.52 Å². The minimum atomic E-state index is -0.487. The maximum absolute atomic E-state index is 13.1. The van der Waals surface area contributed by atoms with E-state index in [0.717, 1.165) is 22.3 Å². The molecule has 1 N–H and O–H groups in total. The molecule has 5 heteroatoms. The molecule has 0 aliphatic rings. The topological polar surface area (TPSA) is 41.0 Å². The highest BCUT2D eigenvalue weighted by Crippen LogP contribution is 2.22. The standard InChI is InChI=1S/C17H17FN4/c1-22(2)17-10-12(13-6-3-4-7-14(13)20-17)11-19-16-9-5-8-15(18)21-16/h3-10H,11H2,1-2H3,(H,19,21). The molecular formula is C17H17FN4. The molecule has 2 heterocycles. The molecule has 2 aromatic heterocycles. The number of hydrogen-bond acceptors (Lipinski definition) is 4. The van der Waals surface area contributed by atoms with Crippen LogP contribution in [0.5, 0.6) is 0 Å². The van der Waals surface area contributed by atoms with Crippen molar-refractivity contribution in [1.29, 1.82) is 0 Å². The third-order valence-corrected chi connectivity index (χ3v) is 3.42. The number of fused-ring (bicyclic) bond motifs is 1. The van der Waals surface area contributed by atoms with E-state index in [1.165, 1.54) is 6.07 Å². The van der Waals surface area contributed by atoms with Crippen molar-refractivity contribution >= 4 is 22.5 Å². The average molecular weight is 296 g/mol. The number of anilines is 2. The molecule has 3 rings (SSSR count). The summed E-state index contributed by atoms with van der Waals surface area (Å²) in [7, 11) is 3.92. The van der Waals surface area contributed by atoms with E-state index in [1.54, 1.807) is 12.1 Å². The van der Waals surface area contributed by atoms with Crippen LogP contribution < -0.4 is 10.2 Å². The quantitative estimate of drug-likeness (QED) is 0.749. The first-order valence-corrected chi connectivity index (χ1v) is 7.06. The van der Waals surface area contributed by atoms with Crippen LogP contribution >= 0.6 is 0 Å². The first kappa shape index (κ1) is 14.3. The van der Waals surface area contributed by atoms with Gasteiger partial charge in [-0.2, -0.15) is 4.39 Å². The highest BCUT2D eigenvalue weighted by molar-refractivity contribution is 5.84. The minimum absolute atomic E-state index is 0.487. The van der Waals surface area contributed by atoms with Crippen LogP contribution in [0.15, 0.2) is 48.5 Å². The molecule has 0 saturated heterocycles. The van der Waals surface area contributed by atoms with Gasteiger partial charge in [-0.15, -0.1) is 0 Å². The van der Waals surface area contributed by atoms with Gasteiger partial charge < -0.3 is 10.2 Å². The number of aromatic nitrogens is 2. The van der Waals surface area contributed by atoms with Crippen LogP contribution in [0.1, 0.15) is 5.56 Å². The Kier molecular flexibility index (Phi) is 3.87. The zero-order chi connectivity index (χ0) is 15.5. The SMILES string of the molecule is CN(C)c1cc(CNc2cccc(F)n2)c2ccccc2n1. The maximum atomic E-state index is 13.1. The van der Waals surface area contributed by atoms with Crippen molar-refractivity contribution in [3.63, 3.8) is 0 Å². The fraction of sp³-hybridized carbons (Fsp3) is 0.176. The van der Waals surface area contributed by atoms with Crippen molar-refractivity contribution in [1.82, 2.24) is 9.97 Å². The number of hydrogen-bond donors (Lipinski definition) is 1. The fourth-order valence-corrected chi connectivity index (χ4v) is 2.30. The molecule has 0 unspecified atom stereocenters. The smallest absolute Gasteiger partial charge is 0.214 e. The first-order chi connectivity index (χ1) is 10.6. The molecule has 0 aliphatic carbocycles. The Balaban J connectivity index is 1.95.